The molecule has 0 fully saturated rings. The van der Waals surface area contributed by atoms with Gasteiger partial charge in [-0.3, -0.25) is 19.9 Å². The maximum absolute atomic E-state index is 5.47. The third kappa shape index (κ3) is 5.69. The van der Waals surface area contributed by atoms with Crippen molar-refractivity contribution < 1.29 is 0 Å². The molecule has 8 heteroatoms. The lowest BCUT2D eigenvalue weighted by Crippen LogP contribution is -1.91. The molecule has 10 aromatic rings. The summed E-state index contributed by atoms with van der Waals surface area (Å²) >= 11 is 0. The number of nitrogens with zero attached hydrogens (tertiary/aromatic N) is 6. The Bertz CT molecular complexity index is 3540. The van der Waals surface area contributed by atoms with Crippen molar-refractivity contribution in [3.8, 4) is 44.5 Å². The van der Waals surface area contributed by atoms with Crippen LogP contribution < -0.4 is 0 Å². The largest absolute Gasteiger partial charge is 0.354 e. The molecule has 7 aromatic heterocycles. The first-order chi connectivity index (χ1) is 29.7. The Morgan fingerprint density at radius 1 is 0.333 bits per heavy atom. The Hall–Kier alpha value is -8.36. The van der Waals surface area contributed by atoms with Crippen molar-refractivity contribution in [3.63, 3.8) is 0 Å². The van der Waals surface area contributed by atoms with E-state index in [9.17, 15) is 0 Å². The number of aromatic amines is 2. The summed E-state index contributed by atoms with van der Waals surface area (Å²) in [5, 5.41) is 3.14. The Morgan fingerprint density at radius 2 is 0.700 bits per heavy atom. The summed E-state index contributed by atoms with van der Waals surface area (Å²) in [6.45, 7) is 0. The maximum Gasteiger partial charge on any atom is 0.0737 e. The van der Waals surface area contributed by atoms with E-state index >= 15 is 0 Å². The van der Waals surface area contributed by atoms with Crippen LogP contribution in [0.25, 0.3) is 124 Å². The molecule has 0 saturated carbocycles. The summed E-state index contributed by atoms with van der Waals surface area (Å²) < 4.78 is 0. The molecule has 0 aliphatic carbocycles. The predicted octanol–water partition coefficient (Wildman–Crippen LogP) is 12.4. The van der Waals surface area contributed by atoms with E-state index in [0.29, 0.717) is 0 Å². The quantitative estimate of drug-likeness (QED) is 0.184. The number of H-pyrrole nitrogens is 2. The molecular formula is C52H32N8. The van der Waals surface area contributed by atoms with E-state index in [1.165, 1.54) is 0 Å². The molecule has 60 heavy (non-hydrogen) atoms. The normalized spacial score (nSPS) is 12.2. The van der Waals surface area contributed by atoms with Crippen molar-refractivity contribution >= 4 is 79.1 Å². The summed E-state index contributed by atoms with van der Waals surface area (Å²) in [6.07, 6.45) is 17.9. The number of aromatic nitrogens is 8. The maximum atomic E-state index is 5.47. The third-order valence-electron chi connectivity index (χ3n) is 11.3. The van der Waals surface area contributed by atoms with Crippen LogP contribution in [0.3, 0.4) is 0 Å². The molecule has 0 spiro atoms. The summed E-state index contributed by atoms with van der Waals surface area (Å²) in [7, 11) is 0. The second kappa shape index (κ2) is 13.6. The van der Waals surface area contributed by atoms with E-state index in [1.807, 2.05) is 85.5 Å². The van der Waals surface area contributed by atoms with Gasteiger partial charge < -0.3 is 9.97 Å². The van der Waals surface area contributed by atoms with Gasteiger partial charge in [0.2, 0.25) is 0 Å². The first kappa shape index (κ1) is 33.7. The van der Waals surface area contributed by atoms with Gasteiger partial charge in [0.25, 0.3) is 0 Å². The highest BCUT2D eigenvalue weighted by molar-refractivity contribution is 6.01. The van der Waals surface area contributed by atoms with E-state index in [2.05, 4.69) is 106 Å². The fourth-order valence-corrected chi connectivity index (χ4v) is 8.55. The van der Waals surface area contributed by atoms with Gasteiger partial charge in [-0.15, -0.1) is 0 Å². The molecule has 0 amide bonds. The van der Waals surface area contributed by atoms with Gasteiger partial charge in [-0.25, -0.2) is 9.97 Å². The smallest absolute Gasteiger partial charge is 0.0737 e. The molecule has 3 aromatic carbocycles. The molecule has 0 atom stereocenters. The molecule has 2 aliphatic rings. The SMILES string of the molecule is C1=Cc2nc1c(-c1cccnc1)c1ccc([nH]1)c(-c1cnc3ccccc3c1)c1nc(c(-c3cnc4ccccc4c3)c3ccc([nH]3)c2-c2cnc3ccccc3c2)C=C1. The van der Waals surface area contributed by atoms with E-state index < -0.39 is 0 Å². The third-order valence-corrected chi connectivity index (χ3v) is 11.3. The van der Waals surface area contributed by atoms with E-state index in [0.717, 1.165) is 122 Å². The highest BCUT2D eigenvalue weighted by atomic mass is 14.8. The van der Waals surface area contributed by atoms with Crippen LogP contribution in [-0.4, -0.2) is 39.9 Å². The second-order valence-electron chi connectivity index (χ2n) is 15.0. The van der Waals surface area contributed by atoms with E-state index in [-0.39, 0.29) is 0 Å². The topological polar surface area (TPSA) is 109 Å². The molecule has 0 radical (unpaired) electrons. The lowest BCUT2D eigenvalue weighted by molar-refractivity contribution is 1.29. The van der Waals surface area contributed by atoms with Gasteiger partial charge in [-0.05, 0) is 91.0 Å². The van der Waals surface area contributed by atoms with Gasteiger partial charge in [-0.2, -0.15) is 0 Å². The highest BCUT2D eigenvalue weighted by Crippen LogP contribution is 2.39. The minimum Gasteiger partial charge on any atom is -0.354 e. The fourth-order valence-electron chi connectivity index (χ4n) is 8.55. The average molecular weight is 769 g/mol. The molecule has 9 heterocycles. The zero-order chi connectivity index (χ0) is 39.6. The molecule has 12 rings (SSSR count). The molecule has 0 saturated heterocycles. The van der Waals surface area contributed by atoms with Gasteiger partial charge in [-0.1, -0.05) is 60.7 Å². The van der Waals surface area contributed by atoms with Crippen LogP contribution in [0.15, 0.2) is 158 Å². The van der Waals surface area contributed by atoms with Crippen LogP contribution in [0.1, 0.15) is 22.8 Å². The van der Waals surface area contributed by atoms with Crippen molar-refractivity contribution in [2.24, 2.45) is 0 Å². The number of fused-ring (bicyclic) bond motifs is 11. The molecule has 8 nitrogen and oxygen atoms in total. The molecule has 8 bridgehead atoms. The van der Waals surface area contributed by atoms with Crippen molar-refractivity contribution in [2.45, 2.75) is 0 Å². The van der Waals surface area contributed by atoms with Gasteiger partial charge >= 0.3 is 0 Å². The summed E-state index contributed by atoms with van der Waals surface area (Å²) in [5.74, 6) is 0. The summed E-state index contributed by atoms with van der Waals surface area (Å²) in [4.78, 5) is 37.8. The number of hydrogen-bond donors (Lipinski definition) is 2. The van der Waals surface area contributed by atoms with E-state index in [1.54, 1.807) is 6.20 Å². The van der Waals surface area contributed by atoms with Crippen LogP contribution >= 0.6 is 0 Å². The van der Waals surface area contributed by atoms with Gasteiger partial charge in [0, 0.05) is 114 Å². The van der Waals surface area contributed by atoms with Crippen molar-refractivity contribution in [1.82, 2.24) is 39.9 Å². The molecular weight excluding hydrogens is 737 g/mol. The number of benzene rings is 3. The fraction of sp³-hybridized carbons (Fsp3) is 0. The van der Waals surface area contributed by atoms with Crippen molar-refractivity contribution in [2.75, 3.05) is 0 Å². The van der Waals surface area contributed by atoms with Crippen LogP contribution in [0.2, 0.25) is 0 Å². The molecule has 0 unspecified atom stereocenters. The van der Waals surface area contributed by atoms with E-state index in [4.69, 9.17) is 24.9 Å². The Kier molecular flexibility index (Phi) is 7.67. The first-order valence-electron chi connectivity index (χ1n) is 19.8. The minimum atomic E-state index is 0.811. The lowest BCUT2D eigenvalue weighted by atomic mass is 10.0. The molecule has 2 aliphatic heterocycles. The zero-order valence-corrected chi connectivity index (χ0v) is 32.0. The van der Waals surface area contributed by atoms with Crippen molar-refractivity contribution in [3.05, 3.63) is 181 Å². The van der Waals surface area contributed by atoms with Crippen LogP contribution in [-0.2, 0) is 0 Å². The van der Waals surface area contributed by atoms with Crippen LogP contribution in [0.5, 0.6) is 0 Å². The van der Waals surface area contributed by atoms with Crippen molar-refractivity contribution in [1.29, 1.82) is 0 Å². The zero-order valence-electron chi connectivity index (χ0n) is 32.0. The number of nitrogens with one attached hydrogen (secondary N) is 2. The Balaban J connectivity index is 1.24. The van der Waals surface area contributed by atoms with Crippen LogP contribution in [0, 0.1) is 0 Å². The van der Waals surface area contributed by atoms with Gasteiger partial charge in [0.05, 0.1) is 39.3 Å². The molecule has 280 valence electrons. The van der Waals surface area contributed by atoms with Gasteiger partial charge in [0.15, 0.2) is 0 Å². The second-order valence-corrected chi connectivity index (χ2v) is 15.0. The summed E-state index contributed by atoms with van der Waals surface area (Å²) in [6, 6.07) is 43.7. The number of hydrogen-bond acceptors (Lipinski definition) is 6. The van der Waals surface area contributed by atoms with Gasteiger partial charge in [0.1, 0.15) is 0 Å². The van der Waals surface area contributed by atoms with Crippen LogP contribution in [0.4, 0.5) is 0 Å². The monoisotopic (exact) mass is 768 g/mol. The number of para-hydroxylation sites is 3. The number of rotatable bonds is 4. The predicted molar refractivity (Wildman–Crippen MR) is 244 cm³/mol. The standard InChI is InChI=1S/C52H32N8/c1-4-12-38-31(8-1)24-35(28-54-38)50-43-17-15-41(57-43)49(34-11-7-23-53-27-34)42-16-18-44(58-42)51(36-25-32-9-2-5-13-39(32)55-29-36)46-20-22-48(60-46)52(47-21-19-45(50)59-47)37-26-33-10-3-6-14-40(33)56-30-37/h1-30,57,60H. The Labute approximate surface area is 343 Å². The lowest BCUT2D eigenvalue weighted by Gasteiger charge is -2.08. The summed E-state index contributed by atoms with van der Waals surface area (Å²) in [5.41, 5.74) is 17.2. The number of pyridine rings is 4. The Morgan fingerprint density at radius 3 is 1.07 bits per heavy atom. The first-order valence-corrected chi connectivity index (χ1v) is 19.8. The highest BCUT2D eigenvalue weighted by Gasteiger charge is 2.20. The minimum absolute atomic E-state index is 0.811. The average Bonchev–Trinajstić information content (AvgIpc) is 4.15. The molecule has 2 N–H and O–H groups in total.